The summed E-state index contributed by atoms with van der Waals surface area (Å²) in [6, 6.07) is -0.553. The molecule has 0 aromatic heterocycles. The number of nitrogens with one attached hydrogen (secondary N) is 1. The maximum atomic E-state index is 12.5. The molecule has 0 aromatic rings. The third-order valence-electron chi connectivity index (χ3n) is 13.5. The van der Waals surface area contributed by atoms with E-state index in [9.17, 15) is 19.8 Å². The number of unbranched alkanes of at least 4 members (excludes halogenated alkanes) is 39. The highest BCUT2D eigenvalue weighted by Gasteiger charge is 2.20. The van der Waals surface area contributed by atoms with E-state index >= 15 is 0 Å². The molecule has 6 nitrogen and oxygen atoms in total. The molecule has 2 unspecified atom stereocenters. The predicted octanol–water partition coefficient (Wildman–Crippen LogP) is 17.9. The second-order valence-corrected chi connectivity index (χ2v) is 20.0. The summed E-state index contributed by atoms with van der Waals surface area (Å²) < 4.78 is 5.46. The average Bonchev–Trinajstić information content (AvgIpc) is 3.31. The lowest BCUT2D eigenvalue weighted by Crippen LogP contribution is -2.45. The molecule has 0 bridgehead atoms. The van der Waals surface area contributed by atoms with Gasteiger partial charge in [0.15, 0.2) is 0 Å². The lowest BCUT2D eigenvalue weighted by Gasteiger charge is -2.22. The van der Waals surface area contributed by atoms with Crippen molar-refractivity contribution in [2.24, 2.45) is 0 Å². The van der Waals surface area contributed by atoms with E-state index in [4.69, 9.17) is 4.74 Å². The zero-order valence-electron chi connectivity index (χ0n) is 43.7. The number of esters is 1. The summed E-state index contributed by atoms with van der Waals surface area (Å²) in [7, 11) is 0. The minimum absolute atomic E-state index is 0.0113. The molecule has 0 aliphatic carbocycles. The summed E-state index contributed by atoms with van der Waals surface area (Å²) >= 11 is 0. The highest BCUT2D eigenvalue weighted by atomic mass is 16.5. The Morgan fingerprint density at radius 3 is 1.17 bits per heavy atom. The van der Waals surface area contributed by atoms with Crippen molar-refractivity contribution in [1.82, 2.24) is 5.32 Å². The van der Waals surface area contributed by atoms with Crippen molar-refractivity contribution in [2.75, 3.05) is 13.2 Å². The number of amides is 1. The quantitative estimate of drug-likeness (QED) is 0.0321. The molecule has 65 heavy (non-hydrogen) atoms. The zero-order chi connectivity index (χ0) is 47.2. The minimum Gasteiger partial charge on any atom is -0.466 e. The van der Waals surface area contributed by atoms with Gasteiger partial charge in [-0.3, -0.25) is 9.59 Å². The number of ether oxygens (including phenoxy) is 1. The summed E-state index contributed by atoms with van der Waals surface area (Å²) in [6.45, 7) is 4.92. The van der Waals surface area contributed by atoms with Gasteiger partial charge in [0, 0.05) is 12.8 Å². The highest BCUT2D eigenvalue weighted by molar-refractivity contribution is 5.76. The van der Waals surface area contributed by atoms with Crippen LogP contribution in [0.15, 0.2) is 24.3 Å². The molecule has 0 heterocycles. The summed E-state index contributed by atoms with van der Waals surface area (Å²) in [6.07, 6.45) is 66.0. The zero-order valence-corrected chi connectivity index (χ0v) is 43.7. The number of hydrogen-bond acceptors (Lipinski definition) is 5. The van der Waals surface area contributed by atoms with Gasteiger partial charge in [-0.05, 0) is 64.2 Å². The third kappa shape index (κ3) is 51.6. The second kappa shape index (κ2) is 54.9. The van der Waals surface area contributed by atoms with Crippen LogP contribution in [0.5, 0.6) is 0 Å². The topological polar surface area (TPSA) is 95.9 Å². The van der Waals surface area contributed by atoms with Crippen LogP contribution in [0.25, 0.3) is 0 Å². The molecule has 2 atom stereocenters. The first-order valence-corrected chi connectivity index (χ1v) is 29.1. The Morgan fingerprint density at radius 2 is 0.769 bits per heavy atom. The molecule has 0 radical (unpaired) electrons. The van der Waals surface area contributed by atoms with Crippen LogP contribution in [0.1, 0.15) is 316 Å². The SMILES string of the molecule is CCCCCCCCCCCCCCCCCCCC(=O)OCCCCC/C=C\C/C=C\CCCCCCCCCC(=O)NC(CO)C(O)CCCCCCCCCCCCCCCC. The molecule has 0 fully saturated rings. The monoisotopic (exact) mass is 916 g/mol. The maximum absolute atomic E-state index is 12.5. The van der Waals surface area contributed by atoms with Gasteiger partial charge >= 0.3 is 5.97 Å². The molecular weight excluding hydrogens is 803 g/mol. The molecule has 3 N–H and O–H groups in total. The molecule has 384 valence electrons. The Balaban J connectivity index is 3.47. The molecule has 0 spiro atoms. The first kappa shape index (κ1) is 63.3. The first-order valence-electron chi connectivity index (χ1n) is 29.1. The molecule has 6 heteroatoms. The van der Waals surface area contributed by atoms with Gasteiger partial charge in [0.25, 0.3) is 0 Å². The number of hydrogen-bond donors (Lipinski definition) is 3. The van der Waals surface area contributed by atoms with Gasteiger partial charge in [0.2, 0.25) is 5.91 Å². The van der Waals surface area contributed by atoms with E-state index in [1.807, 2.05) is 0 Å². The van der Waals surface area contributed by atoms with Gasteiger partial charge in [0.05, 0.1) is 25.4 Å². The largest absolute Gasteiger partial charge is 0.466 e. The van der Waals surface area contributed by atoms with Gasteiger partial charge in [-0.1, -0.05) is 263 Å². The van der Waals surface area contributed by atoms with Gasteiger partial charge < -0.3 is 20.3 Å². The van der Waals surface area contributed by atoms with Gasteiger partial charge in [-0.2, -0.15) is 0 Å². The molecule has 1 amide bonds. The number of rotatable bonds is 54. The van der Waals surface area contributed by atoms with Crippen LogP contribution in [0, 0.1) is 0 Å². The number of aliphatic hydroxyl groups excluding tert-OH is 2. The van der Waals surface area contributed by atoms with E-state index in [2.05, 4.69) is 43.5 Å². The second-order valence-electron chi connectivity index (χ2n) is 20.0. The number of aliphatic hydroxyl groups is 2. The van der Waals surface area contributed by atoms with Crippen LogP contribution >= 0.6 is 0 Å². The molecule has 0 saturated heterocycles. The van der Waals surface area contributed by atoms with Crippen LogP contribution in [0.3, 0.4) is 0 Å². The number of carbonyl (C=O) groups excluding carboxylic acids is 2. The molecule has 0 rings (SSSR count). The number of allylic oxidation sites excluding steroid dienone is 4. The van der Waals surface area contributed by atoms with E-state index in [0.29, 0.717) is 25.9 Å². The van der Waals surface area contributed by atoms with Crippen molar-refractivity contribution in [2.45, 2.75) is 328 Å². The van der Waals surface area contributed by atoms with Crippen molar-refractivity contribution in [3.63, 3.8) is 0 Å². The van der Waals surface area contributed by atoms with Crippen LogP contribution in [0.4, 0.5) is 0 Å². The normalized spacial score (nSPS) is 12.7. The standard InChI is InChI=1S/C59H113NO5/c1-3-5-7-9-11-13-15-17-19-21-25-29-33-37-41-45-49-53-59(64)65-54-50-46-42-38-34-30-26-23-20-22-24-28-32-36-40-44-48-52-58(63)60-56(55-61)57(62)51-47-43-39-35-31-27-18-16-14-12-10-8-6-4-2/h20,23,30,34,56-57,61-62H,3-19,21-22,24-29,31-33,35-55H2,1-2H3,(H,60,63)/b23-20-,34-30-. The summed E-state index contributed by atoms with van der Waals surface area (Å²) in [5, 5.41) is 23.2. The van der Waals surface area contributed by atoms with E-state index in [-0.39, 0.29) is 18.5 Å². The summed E-state index contributed by atoms with van der Waals surface area (Å²) in [4.78, 5) is 24.5. The van der Waals surface area contributed by atoms with Crippen molar-refractivity contribution in [3.05, 3.63) is 24.3 Å². The minimum atomic E-state index is -0.674. The average molecular weight is 917 g/mol. The Hall–Kier alpha value is -1.66. The molecule has 0 aliphatic rings. The van der Waals surface area contributed by atoms with E-state index in [0.717, 1.165) is 83.5 Å². The first-order chi connectivity index (χ1) is 32.0. The Morgan fingerprint density at radius 1 is 0.431 bits per heavy atom. The van der Waals surface area contributed by atoms with Crippen molar-refractivity contribution < 1.29 is 24.5 Å². The number of carbonyl (C=O) groups is 2. The lowest BCUT2D eigenvalue weighted by molar-refractivity contribution is -0.143. The van der Waals surface area contributed by atoms with Crippen LogP contribution in [-0.2, 0) is 14.3 Å². The van der Waals surface area contributed by atoms with Gasteiger partial charge in [-0.15, -0.1) is 0 Å². The summed E-state index contributed by atoms with van der Waals surface area (Å²) in [5.74, 6) is -0.0613. The Labute approximate surface area is 405 Å². The van der Waals surface area contributed by atoms with Crippen LogP contribution in [0.2, 0.25) is 0 Å². The molecule has 0 aromatic carbocycles. The van der Waals surface area contributed by atoms with Gasteiger partial charge in [-0.25, -0.2) is 0 Å². The van der Waals surface area contributed by atoms with E-state index < -0.39 is 12.1 Å². The Bertz CT molecular complexity index is 1010. The van der Waals surface area contributed by atoms with Crippen LogP contribution in [-0.4, -0.2) is 47.4 Å². The lowest BCUT2D eigenvalue weighted by atomic mass is 10.0. The van der Waals surface area contributed by atoms with Crippen LogP contribution < -0.4 is 5.32 Å². The fourth-order valence-electron chi connectivity index (χ4n) is 9.02. The molecular formula is C59H113NO5. The van der Waals surface area contributed by atoms with Crippen molar-refractivity contribution in [1.29, 1.82) is 0 Å². The maximum Gasteiger partial charge on any atom is 0.305 e. The predicted molar refractivity (Wildman–Crippen MR) is 283 cm³/mol. The molecule has 0 aliphatic heterocycles. The third-order valence-corrected chi connectivity index (χ3v) is 13.5. The fraction of sp³-hybridized carbons (Fsp3) is 0.898. The Kier molecular flexibility index (Phi) is 53.5. The van der Waals surface area contributed by atoms with E-state index in [1.165, 1.54) is 199 Å². The van der Waals surface area contributed by atoms with E-state index in [1.54, 1.807) is 0 Å². The smallest absolute Gasteiger partial charge is 0.305 e. The van der Waals surface area contributed by atoms with Gasteiger partial charge in [0.1, 0.15) is 0 Å². The molecule has 0 saturated carbocycles. The van der Waals surface area contributed by atoms with Crippen molar-refractivity contribution >= 4 is 11.9 Å². The summed E-state index contributed by atoms with van der Waals surface area (Å²) in [5.41, 5.74) is 0. The van der Waals surface area contributed by atoms with Crippen molar-refractivity contribution in [3.8, 4) is 0 Å². The highest BCUT2D eigenvalue weighted by Crippen LogP contribution is 2.17. The fourth-order valence-corrected chi connectivity index (χ4v) is 9.02.